The second-order valence-electron chi connectivity index (χ2n) is 1.73. The van der Waals surface area contributed by atoms with Crippen LogP contribution in [0.1, 0.15) is 0 Å². The lowest BCUT2D eigenvalue weighted by molar-refractivity contribution is -0.390. The molecule has 0 fully saturated rings. The van der Waals surface area contributed by atoms with Crippen LogP contribution in [0.15, 0.2) is 10.7 Å². The molecule has 0 amide bonds. The van der Waals surface area contributed by atoms with Gasteiger partial charge in [0.25, 0.3) is 0 Å². The molecular weight excluding hydrogens is 202 g/mol. The Bertz CT molecular complexity index is 269. The summed E-state index contributed by atoms with van der Waals surface area (Å²) in [5.41, 5.74) is 0. The van der Waals surface area contributed by atoms with Crippen LogP contribution in [0, 0.1) is 10.1 Å². The summed E-state index contributed by atoms with van der Waals surface area (Å²) < 4.78 is 1.78. The average molecular weight is 206 g/mol. The highest BCUT2D eigenvalue weighted by molar-refractivity contribution is 9.10. The van der Waals surface area contributed by atoms with Crippen LogP contribution in [0.25, 0.3) is 0 Å². The predicted octanol–water partition coefficient (Wildman–Crippen LogP) is 1.09. The maximum atomic E-state index is 10.1. The van der Waals surface area contributed by atoms with Crippen molar-refractivity contribution in [3.8, 4) is 0 Å². The second-order valence-corrected chi connectivity index (χ2v) is 2.59. The Hall–Kier alpha value is -0.910. The number of halogens is 1. The fourth-order valence-electron chi connectivity index (χ4n) is 0.572. The van der Waals surface area contributed by atoms with Crippen molar-refractivity contribution in [3.05, 3.63) is 20.8 Å². The quantitative estimate of drug-likeness (QED) is 0.510. The predicted molar refractivity (Wildman–Crippen MR) is 37.6 cm³/mol. The van der Waals surface area contributed by atoms with E-state index in [-0.39, 0.29) is 5.82 Å². The van der Waals surface area contributed by atoms with Crippen molar-refractivity contribution in [2.75, 3.05) is 0 Å². The monoisotopic (exact) mass is 205 g/mol. The van der Waals surface area contributed by atoms with E-state index in [1.54, 1.807) is 7.05 Å². The third-order valence-electron chi connectivity index (χ3n) is 0.939. The number of aryl methyl sites for hydroxylation is 1. The first-order valence-corrected chi connectivity index (χ1v) is 3.24. The molecule has 0 saturated carbocycles. The summed E-state index contributed by atoms with van der Waals surface area (Å²) in [6.07, 6.45) is 1.53. The number of rotatable bonds is 1. The molecule has 0 unspecified atom stereocenters. The molecule has 0 bridgehead atoms. The lowest BCUT2D eigenvalue weighted by Crippen LogP contribution is -1.92. The summed E-state index contributed by atoms with van der Waals surface area (Å²) in [5.74, 6) is -0.150. The molecule has 1 rings (SSSR count). The van der Waals surface area contributed by atoms with E-state index in [1.165, 1.54) is 10.9 Å². The van der Waals surface area contributed by atoms with E-state index in [1.807, 2.05) is 0 Å². The van der Waals surface area contributed by atoms with E-state index in [0.717, 1.165) is 0 Å². The zero-order chi connectivity index (χ0) is 7.72. The molecule has 0 N–H and O–H groups in total. The van der Waals surface area contributed by atoms with Crippen LogP contribution in [0.3, 0.4) is 0 Å². The van der Waals surface area contributed by atoms with Crippen LogP contribution in [0.2, 0.25) is 0 Å². The Morgan fingerprint density at radius 2 is 2.50 bits per heavy atom. The van der Waals surface area contributed by atoms with Gasteiger partial charge in [-0.25, -0.2) is 0 Å². The van der Waals surface area contributed by atoms with E-state index in [0.29, 0.717) is 4.47 Å². The number of nitrogens with zero attached hydrogens (tertiary/aromatic N) is 3. The van der Waals surface area contributed by atoms with Gasteiger partial charge in [-0.15, -0.1) is 0 Å². The molecule has 0 saturated heterocycles. The Morgan fingerprint density at radius 3 is 2.70 bits per heavy atom. The zero-order valence-electron chi connectivity index (χ0n) is 5.11. The standard InChI is InChI=1S/C4H4BrN3O2/c1-7-2-3(5)4(6-7)8(9)10/h2H,1H3. The summed E-state index contributed by atoms with van der Waals surface area (Å²) >= 11 is 2.99. The normalized spacial score (nSPS) is 9.80. The molecule has 0 aliphatic heterocycles. The van der Waals surface area contributed by atoms with Crippen LogP contribution in [-0.2, 0) is 7.05 Å². The van der Waals surface area contributed by atoms with Crippen LogP contribution in [0.4, 0.5) is 5.82 Å². The molecule has 1 aromatic heterocycles. The van der Waals surface area contributed by atoms with Crippen LogP contribution < -0.4 is 0 Å². The van der Waals surface area contributed by atoms with Gasteiger partial charge in [-0.2, -0.15) is 4.68 Å². The molecule has 6 heteroatoms. The summed E-state index contributed by atoms with van der Waals surface area (Å²) in [4.78, 5) is 9.60. The largest absolute Gasteiger partial charge is 0.404 e. The first kappa shape index (κ1) is 7.20. The van der Waals surface area contributed by atoms with Gasteiger partial charge in [0.15, 0.2) is 0 Å². The third-order valence-corrected chi connectivity index (χ3v) is 1.50. The lowest BCUT2D eigenvalue weighted by Gasteiger charge is -1.84. The second kappa shape index (κ2) is 2.37. The first-order chi connectivity index (χ1) is 4.61. The highest BCUT2D eigenvalue weighted by atomic mass is 79.9. The highest BCUT2D eigenvalue weighted by Crippen LogP contribution is 2.20. The minimum atomic E-state index is -0.538. The van der Waals surface area contributed by atoms with Gasteiger partial charge in [0.05, 0.1) is 18.3 Å². The molecule has 0 spiro atoms. The average Bonchev–Trinajstić information content (AvgIpc) is 2.10. The van der Waals surface area contributed by atoms with E-state index >= 15 is 0 Å². The van der Waals surface area contributed by atoms with Gasteiger partial charge in [-0.05, 0) is 20.9 Å². The molecule has 0 radical (unpaired) electrons. The summed E-state index contributed by atoms with van der Waals surface area (Å²) in [6.45, 7) is 0. The molecule has 10 heavy (non-hydrogen) atoms. The molecule has 1 heterocycles. The Kier molecular flexibility index (Phi) is 1.71. The van der Waals surface area contributed by atoms with Crippen LogP contribution >= 0.6 is 15.9 Å². The summed E-state index contributed by atoms with van der Waals surface area (Å²) in [6, 6.07) is 0. The molecule has 54 valence electrons. The van der Waals surface area contributed by atoms with Crippen LogP contribution in [0.5, 0.6) is 0 Å². The topological polar surface area (TPSA) is 61.0 Å². The smallest absolute Gasteiger partial charge is 0.358 e. The molecule has 0 aromatic carbocycles. The van der Waals surface area contributed by atoms with Crippen molar-refractivity contribution < 1.29 is 4.92 Å². The molecular formula is C4H4BrN3O2. The van der Waals surface area contributed by atoms with E-state index < -0.39 is 4.92 Å². The first-order valence-electron chi connectivity index (χ1n) is 2.45. The molecule has 0 aliphatic rings. The SMILES string of the molecule is Cn1cc(Br)c([N+](=O)[O-])n1. The van der Waals surface area contributed by atoms with E-state index in [4.69, 9.17) is 0 Å². The van der Waals surface area contributed by atoms with Crippen molar-refractivity contribution >= 4 is 21.7 Å². The number of hydrogen-bond donors (Lipinski definition) is 0. The third kappa shape index (κ3) is 1.15. The Morgan fingerprint density at radius 1 is 1.90 bits per heavy atom. The summed E-state index contributed by atoms with van der Waals surface area (Å²) in [7, 11) is 1.62. The molecule has 0 atom stereocenters. The van der Waals surface area contributed by atoms with Crippen molar-refractivity contribution in [2.24, 2.45) is 7.05 Å². The Labute approximate surface area is 64.9 Å². The maximum absolute atomic E-state index is 10.1. The highest BCUT2D eigenvalue weighted by Gasteiger charge is 2.15. The van der Waals surface area contributed by atoms with Crippen molar-refractivity contribution in [1.82, 2.24) is 9.78 Å². The van der Waals surface area contributed by atoms with Gasteiger partial charge in [-0.3, -0.25) is 0 Å². The van der Waals surface area contributed by atoms with E-state index in [2.05, 4.69) is 21.0 Å². The van der Waals surface area contributed by atoms with Gasteiger partial charge in [-0.1, -0.05) is 0 Å². The molecule has 5 nitrogen and oxygen atoms in total. The zero-order valence-corrected chi connectivity index (χ0v) is 6.70. The van der Waals surface area contributed by atoms with Gasteiger partial charge in [0.1, 0.15) is 4.47 Å². The van der Waals surface area contributed by atoms with Gasteiger partial charge in [0.2, 0.25) is 0 Å². The minimum absolute atomic E-state index is 0.150. The lowest BCUT2D eigenvalue weighted by atomic mass is 10.7. The minimum Gasteiger partial charge on any atom is -0.358 e. The fourth-order valence-corrected chi connectivity index (χ4v) is 1.09. The maximum Gasteiger partial charge on any atom is 0.404 e. The van der Waals surface area contributed by atoms with Crippen molar-refractivity contribution in [2.45, 2.75) is 0 Å². The Balaban J connectivity index is 3.15. The van der Waals surface area contributed by atoms with Gasteiger partial charge in [0, 0.05) is 0 Å². The number of nitro groups is 1. The van der Waals surface area contributed by atoms with Crippen molar-refractivity contribution in [3.63, 3.8) is 0 Å². The number of aromatic nitrogens is 2. The van der Waals surface area contributed by atoms with Crippen LogP contribution in [-0.4, -0.2) is 14.7 Å². The molecule has 1 aromatic rings. The summed E-state index contributed by atoms with van der Waals surface area (Å²) in [5, 5.41) is 13.7. The van der Waals surface area contributed by atoms with Gasteiger partial charge < -0.3 is 10.1 Å². The van der Waals surface area contributed by atoms with Gasteiger partial charge >= 0.3 is 5.82 Å². The van der Waals surface area contributed by atoms with Crippen molar-refractivity contribution in [1.29, 1.82) is 0 Å². The molecule has 0 aliphatic carbocycles. The number of hydrogen-bond acceptors (Lipinski definition) is 3. The fraction of sp³-hybridized carbons (Fsp3) is 0.250. The van der Waals surface area contributed by atoms with E-state index in [9.17, 15) is 10.1 Å².